The van der Waals surface area contributed by atoms with Gasteiger partial charge >= 0.3 is 0 Å². The number of likely N-dealkylation sites (N-methyl/N-ethyl adjacent to an activating group) is 1. The zero-order valence-corrected chi connectivity index (χ0v) is 21.5. The largest absolute Gasteiger partial charge is 0.510 e. The summed E-state index contributed by atoms with van der Waals surface area (Å²) in [7, 11) is 3.11. The number of nitrogens with two attached hydrogens (primary N) is 1. The fourth-order valence-corrected chi connectivity index (χ4v) is 6.96. The second-order valence-corrected chi connectivity index (χ2v) is 11.0. The molecule has 1 aromatic rings. The molecule has 1 aliphatic heterocycles. The van der Waals surface area contributed by atoms with E-state index in [0.29, 0.717) is 30.6 Å². The molecule has 3 aliphatic carbocycles. The van der Waals surface area contributed by atoms with E-state index in [4.69, 9.17) is 5.73 Å². The number of carbonyl (C=O) groups excluding carboxylic acids is 3. The normalized spacial score (nSPS) is 29.3. The van der Waals surface area contributed by atoms with Gasteiger partial charge in [-0.15, -0.1) is 0 Å². The number of rotatable bonds is 4. The van der Waals surface area contributed by atoms with Gasteiger partial charge in [-0.1, -0.05) is 6.92 Å². The quantitative estimate of drug-likeness (QED) is 0.358. The number of primary amides is 1. The Morgan fingerprint density at radius 1 is 1.18 bits per heavy atom. The number of phenolic OH excluding ortho intramolecular Hbond substituents is 1. The van der Waals surface area contributed by atoms with E-state index in [1.165, 1.54) is 4.90 Å². The number of ketones is 2. The van der Waals surface area contributed by atoms with Crippen molar-refractivity contribution in [2.75, 3.05) is 27.2 Å². The van der Waals surface area contributed by atoms with Crippen molar-refractivity contribution in [3.05, 3.63) is 50.7 Å². The predicted molar refractivity (Wildman–Crippen MR) is 133 cm³/mol. The van der Waals surface area contributed by atoms with Gasteiger partial charge in [0.2, 0.25) is 5.78 Å². The van der Waals surface area contributed by atoms with Crippen molar-refractivity contribution < 1.29 is 39.2 Å². The number of nitrogens with zero attached hydrogens (tertiary/aromatic N) is 2. The number of amides is 1. The van der Waals surface area contributed by atoms with E-state index in [1.54, 1.807) is 14.1 Å². The Morgan fingerprint density at radius 3 is 2.47 bits per heavy atom. The number of Topliss-reactive ketones (excluding diaryl/α,β-unsaturated/α-hetero) is 2. The molecule has 4 aliphatic rings. The number of benzene rings is 1. The van der Waals surface area contributed by atoms with Gasteiger partial charge in [0.05, 0.1) is 11.6 Å². The van der Waals surface area contributed by atoms with Crippen molar-refractivity contribution in [3.63, 3.8) is 0 Å². The molecule has 6 N–H and O–H groups in total. The third kappa shape index (κ3) is 3.38. The van der Waals surface area contributed by atoms with Crippen LogP contribution in [0.5, 0.6) is 5.75 Å². The summed E-state index contributed by atoms with van der Waals surface area (Å²) in [5.74, 6) is -7.92. The molecule has 0 aromatic heterocycles. The van der Waals surface area contributed by atoms with E-state index >= 15 is 4.39 Å². The number of hydrogen-bond acceptors (Lipinski definition) is 9. The standard InChI is InChI=1S/C27H32FN3O7/c1-4-6-31-7-5-12-14(10-31)19(28)13-8-11-9-15-20(30(2)3)23(34)18(26(29)37)25(36)27(15,38)24(35)16(11)22(33)17(13)21(12)32/h11,15,20,32,34-35,38H,4-10H2,1-3H3,(H2,29,37)/t11-,15-,20-,27-/m0/s1. The molecule has 11 heteroatoms. The molecule has 0 unspecified atom stereocenters. The number of aliphatic hydroxyl groups excluding tert-OH is 2. The molecule has 0 fully saturated rings. The van der Waals surface area contributed by atoms with Gasteiger partial charge in [0.15, 0.2) is 11.4 Å². The number of halogens is 1. The lowest BCUT2D eigenvalue weighted by molar-refractivity contribution is -0.148. The van der Waals surface area contributed by atoms with E-state index in [2.05, 4.69) is 4.90 Å². The molecule has 1 amide bonds. The van der Waals surface area contributed by atoms with Gasteiger partial charge in [-0.25, -0.2) is 4.39 Å². The summed E-state index contributed by atoms with van der Waals surface area (Å²) in [5.41, 5.74) is 1.94. The maximum Gasteiger partial charge on any atom is 0.255 e. The van der Waals surface area contributed by atoms with E-state index in [-0.39, 0.29) is 35.3 Å². The third-order valence-electron chi connectivity index (χ3n) is 8.63. The Hall–Kier alpha value is -3.28. The van der Waals surface area contributed by atoms with Crippen molar-refractivity contribution in [3.8, 4) is 5.75 Å². The number of carbonyl (C=O) groups is 3. The highest BCUT2D eigenvalue weighted by atomic mass is 19.1. The van der Waals surface area contributed by atoms with Crippen LogP contribution in [-0.4, -0.2) is 86.5 Å². The second kappa shape index (κ2) is 8.89. The first kappa shape index (κ1) is 26.3. The number of hydrogen-bond donors (Lipinski definition) is 5. The van der Waals surface area contributed by atoms with Crippen LogP contribution in [0.2, 0.25) is 0 Å². The van der Waals surface area contributed by atoms with Crippen LogP contribution in [0, 0.1) is 17.7 Å². The van der Waals surface area contributed by atoms with Gasteiger partial charge in [0.1, 0.15) is 28.7 Å². The van der Waals surface area contributed by atoms with Crippen LogP contribution in [0.3, 0.4) is 0 Å². The summed E-state index contributed by atoms with van der Waals surface area (Å²) >= 11 is 0. The molecule has 0 radical (unpaired) electrons. The fourth-order valence-electron chi connectivity index (χ4n) is 6.96. The van der Waals surface area contributed by atoms with E-state index < -0.39 is 63.9 Å². The van der Waals surface area contributed by atoms with Crippen LogP contribution in [0.15, 0.2) is 22.7 Å². The average Bonchev–Trinajstić information content (AvgIpc) is 2.84. The van der Waals surface area contributed by atoms with Crippen molar-refractivity contribution in [1.82, 2.24) is 9.80 Å². The molecule has 5 rings (SSSR count). The molecule has 0 saturated carbocycles. The number of allylic oxidation sites excluding steroid dienone is 1. The lowest BCUT2D eigenvalue weighted by Crippen LogP contribution is -2.63. The molecule has 1 heterocycles. The first-order chi connectivity index (χ1) is 17.9. The van der Waals surface area contributed by atoms with Gasteiger partial charge in [-0.05, 0) is 52.2 Å². The van der Waals surface area contributed by atoms with E-state index in [0.717, 1.165) is 13.0 Å². The van der Waals surface area contributed by atoms with Crippen molar-refractivity contribution >= 4 is 17.5 Å². The monoisotopic (exact) mass is 529 g/mol. The Kier molecular flexibility index (Phi) is 6.16. The SMILES string of the molecule is CCCN1CCc2c(O)c3c(c(F)c2C1)C[C@H]1C[C@H]2[C@H](N(C)C)C(O)=C(C(N)=O)C(=O)[C@@]2(O)C(O)=C1C3=O. The van der Waals surface area contributed by atoms with Crippen molar-refractivity contribution in [2.24, 2.45) is 17.6 Å². The van der Waals surface area contributed by atoms with Crippen LogP contribution in [-0.2, 0) is 29.0 Å². The predicted octanol–water partition coefficient (Wildman–Crippen LogP) is 1.03. The van der Waals surface area contributed by atoms with Crippen LogP contribution < -0.4 is 5.73 Å². The van der Waals surface area contributed by atoms with E-state index in [1.807, 2.05) is 6.92 Å². The number of aromatic hydroxyl groups is 1. The summed E-state index contributed by atoms with van der Waals surface area (Å²) in [6, 6.07) is -1.09. The zero-order chi connectivity index (χ0) is 27.8. The van der Waals surface area contributed by atoms with Gasteiger partial charge in [0, 0.05) is 41.3 Å². The lowest BCUT2D eigenvalue weighted by Gasteiger charge is -2.50. The number of fused-ring (bicyclic) bond motifs is 4. The minimum atomic E-state index is -2.71. The topological polar surface area (TPSA) is 165 Å². The van der Waals surface area contributed by atoms with Crippen molar-refractivity contribution in [1.29, 1.82) is 0 Å². The third-order valence-corrected chi connectivity index (χ3v) is 8.63. The molecular formula is C27H32FN3O7. The van der Waals surface area contributed by atoms with Gasteiger partial charge in [0.25, 0.3) is 5.91 Å². The number of aliphatic hydroxyl groups is 3. The summed E-state index contributed by atoms with van der Waals surface area (Å²) < 4.78 is 16.0. The molecule has 0 bridgehead atoms. The Balaban J connectivity index is 1.68. The van der Waals surface area contributed by atoms with Crippen LogP contribution in [0.25, 0.3) is 0 Å². The summed E-state index contributed by atoms with van der Waals surface area (Å²) in [6.07, 6.45) is 1.09. The average molecular weight is 530 g/mol. The fraction of sp³-hybridized carbons (Fsp3) is 0.519. The highest BCUT2D eigenvalue weighted by Gasteiger charge is 2.63. The molecule has 4 atom stereocenters. The second-order valence-electron chi connectivity index (χ2n) is 11.0. The Labute approximate surface area is 218 Å². The van der Waals surface area contributed by atoms with Crippen molar-refractivity contribution in [2.45, 2.75) is 50.8 Å². The van der Waals surface area contributed by atoms with Crippen LogP contribution in [0.4, 0.5) is 4.39 Å². The first-order valence-corrected chi connectivity index (χ1v) is 12.8. The summed E-state index contributed by atoms with van der Waals surface area (Å²) in [4.78, 5) is 42.7. The molecule has 0 saturated heterocycles. The van der Waals surface area contributed by atoms with Crippen LogP contribution in [0.1, 0.15) is 46.8 Å². The lowest BCUT2D eigenvalue weighted by atomic mass is 9.58. The maximum absolute atomic E-state index is 16.0. The maximum atomic E-state index is 16.0. The minimum Gasteiger partial charge on any atom is -0.510 e. The highest BCUT2D eigenvalue weighted by Crippen LogP contribution is 2.53. The molecule has 204 valence electrons. The Bertz CT molecular complexity index is 1350. The van der Waals surface area contributed by atoms with Gasteiger partial charge in [-0.3, -0.25) is 24.2 Å². The number of phenols is 1. The zero-order valence-electron chi connectivity index (χ0n) is 21.5. The molecule has 0 spiro atoms. The molecular weight excluding hydrogens is 497 g/mol. The highest BCUT2D eigenvalue weighted by molar-refractivity contribution is 6.24. The van der Waals surface area contributed by atoms with Gasteiger partial charge < -0.3 is 26.2 Å². The smallest absolute Gasteiger partial charge is 0.255 e. The van der Waals surface area contributed by atoms with Gasteiger partial charge in [-0.2, -0.15) is 0 Å². The molecule has 1 aromatic carbocycles. The molecule has 10 nitrogen and oxygen atoms in total. The summed E-state index contributed by atoms with van der Waals surface area (Å²) in [5, 5.41) is 44.9. The first-order valence-electron chi connectivity index (χ1n) is 12.8. The van der Waals surface area contributed by atoms with E-state index in [9.17, 15) is 34.8 Å². The molecule has 38 heavy (non-hydrogen) atoms. The minimum absolute atomic E-state index is 0.0396. The summed E-state index contributed by atoms with van der Waals surface area (Å²) in [6.45, 7) is 3.68. The Morgan fingerprint density at radius 2 is 1.87 bits per heavy atom. The van der Waals surface area contributed by atoms with Crippen LogP contribution >= 0.6 is 0 Å².